The molecule has 1 N–H and O–H groups in total. The molecule has 0 spiro atoms. The van der Waals surface area contributed by atoms with E-state index in [1.54, 1.807) is 23.4 Å². The predicted octanol–water partition coefficient (Wildman–Crippen LogP) is 3.89. The van der Waals surface area contributed by atoms with Gasteiger partial charge in [0.25, 0.3) is 5.91 Å². The van der Waals surface area contributed by atoms with E-state index in [9.17, 15) is 9.59 Å². The standard InChI is InChI=1S/C24H26N4O3S/c29-22(27-13-16-8-9-16)17-5-3-12-28(14-17)23(30)21-19(15-32-24-25-10-4-11-26-24)18-6-1-2-7-20(18)31-21/h1-2,4,6-7,10-11,16-17H,3,5,8-9,12-15H2,(H,27,29). The number of furan rings is 1. The maximum Gasteiger partial charge on any atom is 0.289 e. The summed E-state index contributed by atoms with van der Waals surface area (Å²) in [6, 6.07) is 9.48. The van der Waals surface area contributed by atoms with Crippen LogP contribution in [0.5, 0.6) is 0 Å². The summed E-state index contributed by atoms with van der Waals surface area (Å²) in [4.78, 5) is 36.4. The first-order valence-corrected chi connectivity index (χ1v) is 12.1. The molecule has 1 saturated carbocycles. The molecule has 1 aromatic carbocycles. The molecule has 1 aliphatic heterocycles. The van der Waals surface area contributed by atoms with Gasteiger partial charge in [-0.3, -0.25) is 9.59 Å². The molecule has 32 heavy (non-hydrogen) atoms. The van der Waals surface area contributed by atoms with Crippen LogP contribution in [-0.4, -0.2) is 46.3 Å². The van der Waals surface area contributed by atoms with E-state index < -0.39 is 0 Å². The van der Waals surface area contributed by atoms with Crippen molar-refractivity contribution in [1.82, 2.24) is 20.2 Å². The Hall–Kier alpha value is -2.87. The molecule has 1 atom stereocenters. The van der Waals surface area contributed by atoms with Crippen molar-refractivity contribution in [3.05, 3.63) is 54.0 Å². The third kappa shape index (κ3) is 4.65. The highest BCUT2D eigenvalue weighted by Crippen LogP contribution is 2.33. The maximum atomic E-state index is 13.5. The Kier molecular flexibility index (Phi) is 6.12. The number of nitrogens with zero attached hydrogens (tertiary/aromatic N) is 3. The highest BCUT2D eigenvalue weighted by atomic mass is 32.2. The van der Waals surface area contributed by atoms with Gasteiger partial charge in [-0.15, -0.1) is 0 Å². The number of para-hydroxylation sites is 1. The average molecular weight is 451 g/mol. The molecule has 0 radical (unpaired) electrons. The minimum atomic E-state index is -0.161. The summed E-state index contributed by atoms with van der Waals surface area (Å²) in [7, 11) is 0. The second-order valence-corrected chi connectivity index (χ2v) is 9.45. The van der Waals surface area contributed by atoms with Crippen LogP contribution in [0.1, 0.15) is 41.8 Å². The Morgan fingerprint density at radius 3 is 2.75 bits per heavy atom. The van der Waals surface area contributed by atoms with Crippen LogP contribution in [0.25, 0.3) is 11.0 Å². The van der Waals surface area contributed by atoms with Crippen molar-refractivity contribution in [2.75, 3.05) is 19.6 Å². The fraction of sp³-hybridized carbons (Fsp3) is 0.417. The van der Waals surface area contributed by atoms with Gasteiger partial charge in [0.1, 0.15) is 5.58 Å². The number of piperidine rings is 1. The highest BCUT2D eigenvalue weighted by Gasteiger charge is 2.33. The number of aromatic nitrogens is 2. The highest BCUT2D eigenvalue weighted by molar-refractivity contribution is 7.98. The third-order valence-electron chi connectivity index (χ3n) is 6.12. The molecule has 2 amide bonds. The minimum Gasteiger partial charge on any atom is -0.451 e. The summed E-state index contributed by atoms with van der Waals surface area (Å²) in [6.07, 6.45) is 7.45. The van der Waals surface area contributed by atoms with Gasteiger partial charge in [-0.25, -0.2) is 9.97 Å². The van der Waals surface area contributed by atoms with Crippen molar-refractivity contribution >= 4 is 34.5 Å². The number of hydrogen-bond acceptors (Lipinski definition) is 6. The van der Waals surface area contributed by atoms with Crippen molar-refractivity contribution < 1.29 is 14.0 Å². The summed E-state index contributed by atoms with van der Waals surface area (Å²) in [5.41, 5.74) is 1.54. The molecule has 3 heterocycles. The van der Waals surface area contributed by atoms with E-state index >= 15 is 0 Å². The van der Waals surface area contributed by atoms with Crippen LogP contribution in [-0.2, 0) is 10.5 Å². The smallest absolute Gasteiger partial charge is 0.289 e. The molecule has 166 valence electrons. The summed E-state index contributed by atoms with van der Waals surface area (Å²) in [6.45, 7) is 1.83. The number of amides is 2. The quantitative estimate of drug-likeness (QED) is 0.434. The van der Waals surface area contributed by atoms with Crippen LogP contribution in [0.3, 0.4) is 0 Å². The van der Waals surface area contributed by atoms with Gasteiger partial charge in [-0.2, -0.15) is 0 Å². The van der Waals surface area contributed by atoms with Crippen molar-refractivity contribution in [3.63, 3.8) is 0 Å². The number of rotatable bonds is 7. The van der Waals surface area contributed by atoms with Crippen molar-refractivity contribution in [2.24, 2.45) is 11.8 Å². The second-order valence-electron chi connectivity index (χ2n) is 8.50. The molecule has 1 saturated heterocycles. The first-order chi connectivity index (χ1) is 15.7. The van der Waals surface area contributed by atoms with Gasteiger partial charge in [0.2, 0.25) is 5.91 Å². The molecular weight excluding hydrogens is 424 g/mol. The minimum absolute atomic E-state index is 0.0658. The number of nitrogens with one attached hydrogen (secondary N) is 1. The van der Waals surface area contributed by atoms with Crippen LogP contribution in [0.2, 0.25) is 0 Å². The number of thioether (sulfide) groups is 1. The zero-order valence-corrected chi connectivity index (χ0v) is 18.6. The first kappa shape index (κ1) is 21.0. The van der Waals surface area contributed by atoms with Gasteiger partial charge in [0.05, 0.1) is 5.92 Å². The Morgan fingerprint density at radius 2 is 1.94 bits per heavy atom. The van der Waals surface area contributed by atoms with E-state index in [0.29, 0.717) is 41.3 Å². The van der Waals surface area contributed by atoms with Gasteiger partial charge in [0, 0.05) is 48.7 Å². The number of carbonyl (C=O) groups is 2. The lowest BCUT2D eigenvalue weighted by Gasteiger charge is -2.31. The van der Waals surface area contributed by atoms with Crippen LogP contribution < -0.4 is 5.32 Å². The summed E-state index contributed by atoms with van der Waals surface area (Å²) < 4.78 is 6.04. The molecule has 8 heteroatoms. The molecule has 1 unspecified atom stereocenters. The molecular formula is C24H26N4O3S. The Morgan fingerprint density at radius 1 is 1.12 bits per heavy atom. The SMILES string of the molecule is O=C(NCC1CC1)C1CCCN(C(=O)c2oc3ccccc3c2CSc2ncccn2)C1. The van der Waals surface area contributed by atoms with Gasteiger partial charge < -0.3 is 14.6 Å². The second kappa shape index (κ2) is 9.32. The average Bonchev–Trinajstić information content (AvgIpc) is 3.60. The largest absolute Gasteiger partial charge is 0.451 e. The van der Waals surface area contributed by atoms with Crippen LogP contribution >= 0.6 is 11.8 Å². The van der Waals surface area contributed by atoms with Gasteiger partial charge in [-0.1, -0.05) is 30.0 Å². The van der Waals surface area contributed by atoms with Gasteiger partial charge >= 0.3 is 0 Å². The molecule has 2 fully saturated rings. The number of fused-ring (bicyclic) bond motifs is 1. The van der Waals surface area contributed by atoms with Gasteiger partial charge in [0.15, 0.2) is 10.9 Å². The van der Waals surface area contributed by atoms with Crippen LogP contribution in [0.4, 0.5) is 0 Å². The molecule has 0 bridgehead atoms. The predicted molar refractivity (Wildman–Crippen MR) is 122 cm³/mol. The molecule has 2 aliphatic rings. The number of hydrogen-bond donors (Lipinski definition) is 1. The van der Waals surface area contributed by atoms with E-state index in [2.05, 4.69) is 15.3 Å². The molecule has 7 nitrogen and oxygen atoms in total. The lowest BCUT2D eigenvalue weighted by atomic mass is 9.96. The van der Waals surface area contributed by atoms with Gasteiger partial charge in [-0.05, 0) is 43.7 Å². The summed E-state index contributed by atoms with van der Waals surface area (Å²) >= 11 is 1.47. The van der Waals surface area contributed by atoms with Crippen LogP contribution in [0, 0.1) is 11.8 Å². The summed E-state index contributed by atoms with van der Waals surface area (Å²) in [5.74, 6) is 1.28. The molecule has 2 aromatic heterocycles. The normalized spacial score (nSPS) is 18.6. The zero-order valence-electron chi connectivity index (χ0n) is 17.8. The Labute approximate surface area is 191 Å². The van der Waals surface area contributed by atoms with E-state index in [4.69, 9.17) is 4.42 Å². The van der Waals surface area contributed by atoms with Crippen molar-refractivity contribution in [3.8, 4) is 0 Å². The number of carbonyl (C=O) groups excluding carboxylic acids is 2. The monoisotopic (exact) mass is 450 g/mol. The zero-order chi connectivity index (χ0) is 21.9. The molecule has 3 aromatic rings. The Bertz CT molecular complexity index is 1110. The third-order valence-corrected chi connectivity index (χ3v) is 7.02. The lowest BCUT2D eigenvalue weighted by Crippen LogP contribution is -2.45. The number of benzene rings is 1. The fourth-order valence-corrected chi connectivity index (χ4v) is 4.97. The first-order valence-electron chi connectivity index (χ1n) is 11.2. The summed E-state index contributed by atoms with van der Waals surface area (Å²) in [5, 5.41) is 4.65. The number of likely N-dealkylation sites (tertiary alicyclic amines) is 1. The Balaban J connectivity index is 1.34. The van der Waals surface area contributed by atoms with Crippen LogP contribution in [0.15, 0.2) is 52.3 Å². The lowest BCUT2D eigenvalue weighted by molar-refractivity contribution is -0.126. The van der Waals surface area contributed by atoms with E-state index in [1.807, 2.05) is 24.3 Å². The van der Waals surface area contributed by atoms with E-state index in [1.165, 1.54) is 24.6 Å². The van der Waals surface area contributed by atoms with Crippen molar-refractivity contribution in [1.29, 1.82) is 0 Å². The fourth-order valence-electron chi connectivity index (χ4n) is 4.14. The maximum absolute atomic E-state index is 13.5. The van der Waals surface area contributed by atoms with E-state index in [-0.39, 0.29) is 17.7 Å². The van der Waals surface area contributed by atoms with E-state index in [0.717, 1.165) is 30.3 Å². The topological polar surface area (TPSA) is 88.3 Å². The molecule has 1 aliphatic carbocycles. The van der Waals surface area contributed by atoms with Crippen molar-refractivity contribution in [2.45, 2.75) is 36.6 Å². The molecule has 5 rings (SSSR count).